The van der Waals surface area contributed by atoms with Gasteiger partial charge in [0.1, 0.15) is 29.7 Å². The molecule has 0 spiro atoms. The van der Waals surface area contributed by atoms with Crippen LogP contribution in [0.3, 0.4) is 0 Å². The zero-order chi connectivity index (χ0) is 54.1. The van der Waals surface area contributed by atoms with Crippen LogP contribution in [0.5, 0.6) is 11.5 Å². The molecule has 10 nitrogen and oxygen atoms in total. The van der Waals surface area contributed by atoms with Crippen molar-refractivity contribution in [1.29, 1.82) is 36.8 Å². The van der Waals surface area contributed by atoms with E-state index in [9.17, 15) is 63.2 Å². The van der Waals surface area contributed by atoms with E-state index >= 15 is 0 Å². The first-order valence-electron chi connectivity index (χ1n) is 22.1. The standard InChI is InChI=1S/C60H24F6N8O2/c1-74-58(42-24-35(28-69)21-36(25-42)29-70)57-49(38-10-6-3-7-11-38)47(32-73)54-50(39-12-16-43(17-13-39)75-59(61,62)63)55-52(45(30-71)41-22-33(26-67)20-34(23-41)27-68)48(37-8-4-2-5-9-37)46(31-72)53(55)51(56(54)57)40-14-18-44(19-15-40)76-60(64,65)66/h2-25H/b52-45+,58-57-. The minimum absolute atomic E-state index is 0.00528. The van der Waals surface area contributed by atoms with Crippen LogP contribution >= 0.6 is 0 Å². The molecule has 9 rings (SSSR count). The summed E-state index contributed by atoms with van der Waals surface area (Å²) in [6.07, 6.45) is -10.3. The van der Waals surface area contributed by atoms with Crippen LogP contribution in [0.15, 0.2) is 146 Å². The van der Waals surface area contributed by atoms with E-state index < -0.39 is 24.2 Å². The van der Waals surface area contributed by atoms with E-state index in [4.69, 9.17) is 6.57 Å². The fourth-order valence-electron chi connectivity index (χ4n) is 9.55. The molecule has 358 valence electrons. The van der Waals surface area contributed by atoms with E-state index in [2.05, 4.69) is 32.5 Å². The molecule has 0 fully saturated rings. The van der Waals surface area contributed by atoms with Crippen molar-refractivity contribution in [3.63, 3.8) is 0 Å². The number of hydrogen-bond donors (Lipinski definition) is 0. The van der Waals surface area contributed by atoms with Gasteiger partial charge in [-0.15, -0.1) is 26.3 Å². The molecule has 0 atom stereocenters. The summed E-state index contributed by atoms with van der Waals surface area (Å²) in [7, 11) is 0. The van der Waals surface area contributed by atoms with Gasteiger partial charge in [0.05, 0.1) is 69.8 Å². The van der Waals surface area contributed by atoms with Crippen LogP contribution in [-0.2, 0) is 0 Å². The molecule has 76 heavy (non-hydrogen) atoms. The molecule has 16 heteroatoms. The van der Waals surface area contributed by atoms with Gasteiger partial charge >= 0.3 is 12.7 Å². The van der Waals surface area contributed by atoms with Gasteiger partial charge in [0.2, 0.25) is 5.70 Å². The van der Waals surface area contributed by atoms with Gasteiger partial charge in [-0.05, 0) is 122 Å². The summed E-state index contributed by atoms with van der Waals surface area (Å²) in [5.74, 6) is -1.31. The molecule has 0 unspecified atom stereocenters. The average molecular weight is 1000 g/mol. The molecular weight excluding hydrogens is 979 g/mol. The second-order valence-electron chi connectivity index (χ2n) is 16.6. The Bertz CT molecular complexity index is 3800. The summed E-state index contributed by atoms with van der Waals surface area (Å²) in [5.41, 5.74) is 0.0170. The molecule has 0 saturated carbocycles. The predicted octanol–water partition coefficient (Wildman–Crippen LogP) is 14.4. The lowest BCUT2D eigenvalue weighted by atomic mass is 9.77. The lowest BCUT2D eigenvalue weighted by Gasteiger charge is -2.24. The molecule has 0 heterocycles. The predicted molar refractivity (Wildman–Crippen MR) is 266 cm³/mol. The Hall–Kier alpha value is -11.4. The van der Waals surface area contributed by atoms with Crippen LogP contribution in [0.25, 0.3) is 71.8 Å². The van der Waals surface area contributed by atoms with Gasteiger partial charge in [-0.2, -0.15) is 36.8 Å². The quantitative estimate of drug-likeness (QED) is 0.0810. The molecule has 7 aromatic rings. The van der Waals surface area contributed by atoms with Crippen LogP contribution in [0.2, 0.25) is 0 Å². The van der Waals surface area contributed by atoms with E-state index in [1.165, 1.54) is 60.7 Å². The maximum atomic E-state index is 13.8. The Morgan fingerprint density at radius 3 is 1.12 bits per heavy atom. The minimum atomic E-state index is -5.13. The molecule has 0 radical (unpaired) electrons. The number of ether oxygens (including phenoxy) is 2. The Kier molecular flexibility index (Phi) is 12.8. The fourth-order valence-corrected chi connectivity index (χ4v) is 9.55. The van der Waals surface area contributed by atoms with Gasteiger partial charge in [-0.1, -0.05) is 84.9 Å². The number of hydrogen-bond acceptors (Lipinski definition) is 9. The van der Waals surface area contributed by atoms with Gasteiger partial charge in [-0.25, -0.2) is 4.85 Å². The number of nitrogens with zero attached hydrogens (tertiary/aromatic N) is 8. The molecule has 0 amide bonds. The van der Waals surface area contributed by atoms with Crippen molar-refractivity contribution in [1.82, 2.24) is 0 Å². The number of allylic oxidation sites excluding steroid dienone is 7. The Morgan fingerprint density at radius 2 is 0.776 bits per heavy atom. The normalized spacial score (nSPS) is 13.8. The lowest BCUT2D eigenvalue weighted by Crippen LogP contribution is -2.17. The van der Waals surface area contributed by atoms with Crippen molar-refractivity contribution in [3.8, 4) is 76.2 Å². The summed E-state index contributed by atoms with van der Waals surface area (Å²) in [6.45, 7) is 8.90. The molecule has 2 aliphatic rings. The number of halogens is 6. The maximum absolute atomic E-state index is 13.8. The summed E-state index contributed by atoms with van der Waals surface area (Å²) in [5, 5.41) is 75.6. The monoisotopic (exact) mass is 1000 g/mol. The SMILES string of the molecule is [C-]#[N+]/C(=C1/C(c2ccccc2)=C(C#N)c2c1c(-c1ccc(OC(F)(F)F)cc1)c1c(c2-c2ccc(OC(F)(F)F)cc2)/C(=C(\C#N)c2cc(C#N)cc(C#N)c2)C(c2ccccc2)=C1C#N)c1cc(C#N)cc(C#N)c1. The highest BCUT2D eigenvalue weighted by molar-refractivity contribution is 6.38. The first-order valence-corrected chi connectivity index (χ1v) is 22.1. The van der Waals surface area contributed by atoms with Crippen LogP contribution in [0.1, 0.15) is 66.8 Å². The van der Waals surface area contributed by atoms with Crippen LogP contribution in [0, 0.1) is 85.9 Å². The highest BCUT2D eigenvalue weighted by Gasteiger charge is 2.44. The minimum Gasteiger partial charge on any atom is -0.406 e. The van der Waals surface area contributed by atoms with E-state index in [0.29, 0.717) is 11.1 Å². The molecule has 0 saturated heterocycles. The van der Waals surface area contributed by atoms with E-state index in [0.717, 1.165) is 24.3 Å². The number of alkyl halides is 6. The van der Waals surface area contributed by atoms with Crippen LogP contribution in [0.4, 0.5) is 26.3 Å². The van der Waals surface area contributed by atoms with Crippen molar-refractivity contribution < 1.29 is 35.8 Å². The summed E-state index contributed by atoms with van der Waals surface area (Å²) >= 11 is 0. The molecule has 0 bridgehead atoms. The van der Waals surface area contributed by atoms with E-state index in [1.807, 2.05) is 24.3 Å². The third-order valence-corrected chi connectivity index (χ3v) is 12.3. The first-order chi connectivity index (χ1) is 36.6. The average Bonchev–Trinajstić information content (AvgIpc) is 4.13. The zero-order valence-electron chi connectivity index (χ0n) is 38.5. The molecule has 0 aromatic heterocycles. The highest BCUT2D eigenvalue weighted by Crippen LogP contribution is 2.63. The van der Waals surface area contributed by atoms with E-state index in [1.54, 1.807) is 60.7 Å². The van der Waals surface area contributed by atoms with Gasteiger partial charge < -0.3 is 9.47 Å². The second kappa shape index (κ2) is 19.7. The first kappa shape index (κ1) is 49.6. The molecule has 0 aliphatic heterocycles. The highest BCUT2D eigenvalue weighted by atomic mass is 19.4. The molecule has 0 N–H and O–H groups in total. The molecular formula is C60H24F6N8O2. The van der Waals surface area contributed by atoms with Crippen molar-refractivity contribution in [3.05, 3.63) is 224 Å². The van der Waals surface area contributed by atoms with Crippen molar-refractivity contribution >= 4 is 44.7 Å². The number of nitriles is 7. The van der Waals surface area contributed by atoms with Gasteiger partial charge in [0, 0.05) is 27.8 Å². The van der Waals surface area contributed by atoms with Gasteiger partial charge in [0.25, 0.3) is 0 Å². The van der Waals surface area contributed by atoms with Crippen molar-refractivity contribution in [2.24, 2.45) is 0 Å². The third-order valence-electron chi connectivity index (χ3n) is 12.3. The number of benzene rings is 7. The smallest absolute Gasteiger partial charge is 0.406 e. The molecule has 7 aromatic carbocycles. The Balaban J connectivity index is 1.63. The van der Waals surface area contributed by atoms with Crippen molar-refractivity contribution in [2.75, 3.05) is 0 Å². The fraction of sp³-hybridized carbons (Fsp3) is 0.0333. The van der Waals surface area contributed by atoms with Gasteiger partial charge in [0.15, 0.2) is 0 Å². The summed E-state index contributed by atoms with van der Waals surface area (Å²) < 4.78 is 91.1. The maximum Gasteiger partial charge on any atom is 0.573 e. The van der Waals surface area contributed by atoms with E-state index in [-0.39, 0.29) is 123 Å². The van der Waals surface area contributed by atoms with Crippen LogP contribution in [-0.4, -0.2) is 12.7 Å². The number of fused-ring (bicyclic) bond motifs is 2. The Labute approximate surface area is 428 Å². The summed E-state index contributed by atoms with van der Waals surface area (Å²) in [6, 6.07) is 48.3. The van der Waals surface area contributed by atoms with Crippen molar-refractivity contribution in [2.45, 2.75) is 12.7 Å². The number of rotatable bonds is 8. The lowest BCUT2D eigenvalue weighted by molar-refractivity contribution is -0.275. The topological polar surface area (TPSA) is 189 Å². The summed E-state index contributed by atoms with van der Waals surface area (Å²) in [4.78, 5) is 4.01. The van der Waals surface area contributed by atoms with Gasteiger partial charge in [-0.3, -0.25) is 0 Å². The zero-order valence-corrected chi connectivity index (χ0v) is 38.5. The largest absolute Gasteiger partial charge is 0.573 e. The second-order valence-corrected chi connectivity index (χ2v) is 16.6. The Morgan fingerprint density at radius 1 is 0.408 bits per heavy atom. The third kappa shape index (κ3) is 8.98. The molecule has 2 aliphatic carbocycles. The van der Waals surface area contributed by atoms with Crippen LogP contribution < -0.4 is 9.47 Å².